The van der Waals surface area contributed by atoms with Crippen molar-refractivity contribution in [3.63, 3.8) is 0 Å². The van der Waals surface area contributed by atoms with Gasteiger partial charge in [-0.2, -0.15) is 0 Å². The third kappa shape index (κ3) is 2.21. The van der Waals surface area contributed by atoms with E-state index in [2.05, 4.69) is 0 Å². The molecular formula is C7H7NO5S. The minimum Gasteiger partial charge on any atom is -0.508 e. The highest BCUT2D eigenvalue weighted by Crippen LogP contribution is 2.18. The molecule has 0 heterocycles. The quantitative estimate of drug-likeness (QED) is 0.630. The first-order valence-corrected chi connectivity index (χ1v) is 4.95. The maximum absolute atomic E-state index is 10.8. The number of hydrogen-bond acceptors (Lipinski definition) is 4. The summed E-state index contributed by atoms with van der Waals surface area (Å²) < 4.78 is 21.7. The summed E-state index contributed by atoms with van der Waals surface area (Å²) in [6.45, 7) is 0. The summed E-state index contributed by atoms with van der Waals surface area (Å²) in [6.07, 6.45) is 0. The molecule has 4 N–H and O–H groups in total. The second-order valence-corrected chi connectivity index (χ2v) is 4.13. The highest BCUT2D eigenvalue weighted by Gasteiger charge is 2.13. The molecular weight excluding hydrogens is 210 g/mol. The molecule has 0 aliphatic carbocycles. The lowest BCUT2D eigenvalue weighted by Crippen LogP contribution is -2.13. The number of rotatable bonds is 2. The van der Waals surface area contributed by atoms with Crippen LogP contribution >= 0.6 is 0 Å². The van der Waals surface area contributed by atoms with Crippen LogP contribution in [0.1, 0.15) is 10.4 Å². The Hall–Kier alpha value is -1.60. The molecule has 1 aromatic rings. The van der Waals surface area contributed by atoms with Gasteiger partial charge in [0.25, 0.3) is 0 Å². The van der Waals surface area contributed by atoms with Crippen LogP contribution in [0.25, 0.3) is 0 Å². The van der Waals surface area contributed by atoms with E-state index in [1.54, 1.807) is 0 Å². The van der Waals surface area contributed by atoms with Gasteiger partial charge in [0, 0.05) is 0 Å². The van der Waals surface area contributed by atoms with E-state index in [0.29, 0.717) is 0 Å². The van der Waals surface area contributed by atoms with Gasteiger partial charge in [0.2, 0.25) is 10.0 Å². The summed E-state index contributed by atoms with van der Waals surface area (Å²) in [4.78, 5) is 10.1. The van der Waals surface area contributed by atoms with Gasteiger partial charge in [-0.25, -0.2) is 18.4 Å². The molecule has 0 saturated carbocycles. The number of aromatic hydroxyl groups is 1. The fourth-order valence-corrected chi connectivity index (χ4v) is 1.45. The lowest BCUT2D eigenvalue weighted by Gasteiger charge is -2.01. The van der Waals surface area contributed by atoms with E-state index in [0.717, 1.165) is 18.2 Å². The standard InChI is InChI=1S/C7H7NO5S/c8-14(12,13)6-2-4(7(10)11)1-5(9)3-6/h1-3,9H,(H,10,11)(H2,8,12,13). The first kappa shape index (κ1) is 10.5. The Kier molecular flexibility index (Phi) is 2.45. The van der Waals surface area contributed by atoms with Crippen LogP contribution in [0, 0.1) is 0 Å². The molecule has 0 aliphatic heterocycles. The fourth-order valence-electron chi connectivity index (χ4n) is 0.871. The van der Waals surface area contributed by atoms with E-state index in [1.165, 1.54) is 0 Å². The van der Waals surface area contributed by atoms with E-state index < -0.39 is 26.6 Å². The highest BCUT2D eigenvalue weighted by molar-refractivity contribution is 7.89. The maximum Gasteiger partial charge on any atom is 0.335 e. The molecule has 0 amide bonds. The molecule has 6 nitrogen and oxygen atoms in total. The first-order valence-electron chi connectivity index (χ1n) is 3.41. The van der Waals surface area contributed by atoms with Gasteiger partial charge in [0.15, 0.2) is 0 Å². The monoisotopic (exact) mass is 217 g/mol. The molecule has 7 heteroatoms. The number of phenols is 1. The SMILES string of the molecule is NS(=O)(=O)c1cc(O)cc(C(=O)O)c1. The number of carboxylic acids is 1. The summed E-state index contributed by atoms with van der Waals surface area (Å²) in [5.74, 6) is -1.81. The zero-order chi connectivity index (χ0) is 10.9. The molecule has 0 radical (unpaired) electrons. The lowest BCUT2D eigenvalue weighted by atomic mass is 10.2. The average molecular weight is 217 g/mol. The van der Waals surface area contributed by atoms with Crippen molar-refractivity contribution >= 4 is 16.0 Å². The van der Waals surface area contributed by atoms with Crippen molar-refractivity contribution in [3.05, 3.63) is 23.8 Å². The molecule has 14 heavy (non-hydrogen) atoms. The highest BCUT2D eigenvalue weighted by atomic mass is 32.2. The number of benzene rings is 1. The molecule has 0 bridgehead atoms. The third-order valence-electron chi connectivity index (χ3n) is 1.47. The molecule has 0 fully saturated rings. The van der Waals surface area contributed by atoms with Crippen molar-refractivity contribution in [2.75, 3.05) is 0 Å². The van der Waals surface area contributed by atoms with Crippen molar-refractivity contribution in [1.29, 1.82) is 0 Å². The molecule has 1 rings (SSSR count). The van der Waals surface area contributed by atoms with Gasteiger partial charge < -0.3 is 10.2 Å². The van der Waals surface area contributed by atoms with Gasteiger partial charge >= 0.3 is 5.97 Å². The summed E-state index contributed by atoms with van der Waals surface area (Å²) >= 11 is 0. The Bertz CT molecular complexity index is 479. The number of phenolic OH excluding ortho intramolecular Hbond substituents is 1. The number of hydrogen-bond donors (Lipinski definition) is 3. The molecule has 76 valence electrons. The van der Waals surface area contributed by atoms with Gasteiger partial charge in [-0.1, -0.05) is 0 Å². The molecule has 1 aromatic carbocycles. The number of nitrogens with two attached hydrogens (primary N) is 1. The second-order valence-electron chi connectivity index (χ2n) is 2.57. The minimum atomic E-state index is -4.00. The van der Waals surface area contributed by atoms with Crippen molar-refractivity contribution in [2.24, 2.45) is 5.14 Å². The number of carboxylic acid groups (broad SMARTS) is 1. The van der Waals surface area contributed by atoms with E-state index in [1.807, 2.05) is 0 Å². The van der Waals surface area contributed by atoms with Crippen LogP contribution in [0.15, 0.2) is 23.1 Å². The molecule has 0 unspecified atom stereocenters. The van der Waals surface area contributed by atoms with Crippen LogP contribution in [0.2, 0.25) is 0 Å². The minimum absolute atomic E-state index is 0.339. The van der Waals surface area contributed by atoms with Crippen LogP contribution in [-0.4, -0.2) is 24.6 Å². The third-order valence-corrected chi connectivity index (χ3v) is 2.36. The summed E-state index contributed by atoms with van der Waals surface area (Å²) in [5.41, 5.74) is -0.339. The van der Waals surface area contributed by atoms with Gasteiger partial charge in [0.05, 0.1) is 10.5 Å². The Balaban J connectivity index is 3.43. The Labute approximate surface area is 79.6 Å². The van der Waals surface area contributed by atoms with Crippen molar-refractivity contribution < 1.29 is 23.4 Å². The molecule has 0 atom stereocenters. The normalized spacial score (nSPS) is 11.2. The Morgan fingerprint density at radius 3 is 2.29 bits per heavy atom. The zero-order valence-corrected chi connectivity index (χ0v) is 7.65. The van der Waals surface area contributed by atoms with Gasteiger partial charge in [-0.05, 0) is 18.2 Å². The number of primary sulfonamides is 1. The van der Waals surface area contributed by atoms with Crippen molar-refractivity contribution in [3.8, 4) is 5.75 Å². The summed E-state index contributed by atoms with van der Waals surface area (Å²) in [7, 11) is -4.00. The zero-order valence-electron chi connectivity index (χ0n) is 6.84. The van der Waals surface area contributed by atoms with E-state index >= 15 is 0 Å². The summed E-state index contributed by atoms with van der Waals surface area (Å²) in [5, 5.41) is 22.3. The number of aromatic carboxylic acids is 1. The first-order chi connectivity index (χ1) is 6.30. The predicted molar refractivity (Wildman–Crippen MR) is 46.4 cm³/mol. The van der Waals surface area contributed by atoms with E-state index in [4.69, 9.17) is 15.4 Å². The average Bonchev–Trinajstić information content (AvgIpc) is 2.01. The van der Waals surface area contributed by atoms with Crippen LogP contribution < -0.4 is 5.14 Å². The van der Waals surface area contributed by atoms with E-state index in [-0.39, 0.29) is 5.56 Å². The predicted octanol–water partition coefficient (Wildman–Crippen LogP) is -0.262. The maximum atomic E-state index is 10.8. The van der Waals surface area contributed by atoms with Gasteiger partial charge in [-0.3, -0.25) is 0 Å². The Morgan fingerprint density at radius 1 is 1.29 bits per heavy atom. The van der Waals surface area contributed by atoms with Crippen molar-refractivity contribution in [1.82, 2.24) is 0 Å². The van der Waals surface area contributed by atoms with Gasteiger partial charge in [-0.15, -0.1) is 0 Å². The number of carbonyl (C=O) groups is 1. The topological polar surface area (TPSA) is 118 Å². The second kappa shape index (κ2) is 3.28. The number of sulfonamides is 1. The lowest BCUT2D eigenvalue weighted by molar-refractivity contribution is 0.0696. The largest absolute Gasteiger partial charge is 0.508 e. The molecule has 0 aliphatic rings. The molecule has 0 aromatic heterocycles. The fraction of sp³-hybridized carbons (Fsp3) is 0. The molecule has 0 spiro atoms. The van der Waals surface area contributed by atoms with Crippen LogP contribution in [0.3, 0.4) is 0 Å². The van der Waals surface area contributed by atoms with Crippen LogP contribution in [0.4, 0.5) is 0 Å². The Morgan fingerprint density at radius 2 is 1.86 bits per heavy atom. The van der Waals surface area contributed by atoms with Crippen molar-refractivity contribution in [2.45, 2.75) is 4.90 Å². The van der Waals surface area contributed by atoms with E-state index in [9.17, 15) is 13.2 Å². The van der Waals surface area contributed by atoms with Crippen LogP contribution in [-0.2, 0) is 10.0 Å². The van der Waals surface area contributed by atoms with Crippen LogP contribution in [0.5, 0.6) is 5.75 Å². The summed E-state index contributed by atoms with van der Waals surface area (Å²) in [6, 6.07) is 2.68. The van der Waals surface area contributed by atoms with Gasteiger partial charge in [0.1, 0.15) is 5.75 Å². The smallest absolute Gasteiger partial charge is 0.335 e. The molecule has 0 saturated heterocycles.